The molecule has 0 saturated heterocycles. The first-order valence-electron chi connectivity index (χ1n) is 5.34. The smallest absolute Gasteiger partial charge is 0.265 e. The molecular weight excluding hydrogens is 326 g/mol. The van der Waals surface area contributed by atoms with E-state index in [1.165, 1.54) is 36.4 Å². The Kier molecular flexibility index (Phi) is 4.08. The fraction of sp³-hybridized carbons (Fsp3) is 0. The molecule has 0 heterocycles. The van der Waals surface area contributed by atoms with Gasteiger partial charge < -0.3 is 5.73 Å². The van der Waals surface area contributed by atoms with E-state index in [9.17, 15) is 12.8 Å². The highest BCUT2D eigenvalue weighted by Crippen LogP contribution is 2.30. The number of nitrogen functional groups attached to an aromatic ring is 1. The van der Waals surface area contributed by atoms with Crippen LogP contribution in [0.2, 0.25) is 10.0 Å². The van der Waals surface area contributed by atoms with E-state index in [-0.39, 0.29) is 26.3 Å². The monoisotopic (exact) mass is 334 g/mol. The van der Waals surface area contributed by atoms with Gasteiger partial charge in [0.05, 0.1) is 21.4 Å². The average molecular weight is 335 g/mol. The zero-order valence-corrected chi connectivity index (χ0v) is 12.2. The van der Waals surface area contributed by atoms with E-state index in [0.717, 1.165) is 0 Å². The number of sulfonamides is 1. The predicted molar refractivity (Wildman–Crippen MR) is 78.1 cm³/mol. The second kappa shape index (κ2) is 5.47. The molecule has 20 heavy (non-hydrogen) atoms. The Morgan fingerprint density at radius 1 is 1.05 bits per heavy atom. The average Bonchev–Trinajstić information content (AvgIpc) is 2.34. The molecule has 0 amide bonds. The van der Waals surface area contributed by atoms with E-state index < -0.39 is 15.8 Å². The van der Waals surface area contributed by atoms with Crippen molar-refractivity contribution in [3.05, 3.63) is 52.3 Å². The second-order valence-corrected chi connectivity index (χ2v) is 6.30. The van der Waals surface area contributed by atoms with Crippen molar-refractivity contribution in [2.75, 3.05) is 10.5 Å². The van der Waals surface area contributed by atoms with Crippen molar-refractivity contribution in [3.63, 3.8) is 0 Å². The summed E-state index contributed by atoms with van der Waals surface area (Å²) in [6.07, 6.45) is 0. The lowest BCUT2D eigenvalue weighted by Crippen LogP contribution is -2.16. The first kappa shape index (κ1) is 14.9. The SMILES string of the molecule is Nc1cccc(Cl)c1S(=O)(=O)Nc1cccc(Cl)c1F. The predicted octanol–water partition coefficient (Wildman–Crippen LogP) is 3.52. The van der Waals surface area contributed by atoms with Gasteiger partial charge in [-0.1, -0.05) is 35.3 Å². The largest absolute Gasteiger partial charge is 0.398 e. The molecular formula is C12H9Cl2FN2O2S. The van der Waals surface area contributed by atoms with Crippen LogP contribution in [0, 0.1) is 5.82 Å². The van der Waals surface area contributed by atoms with E-state index >= 15 is 0 Å². The summed E-state index contributed by atoms with van der Waals surface area (Å²) in [6, 6.07) is 8.23. The molecule has 2 rings (SSSR count). The van der Waals surface area contributed by atoms with Crippen LogP contribution in [0.25, 0.3) is 0 Å². The summed E-state index contributed by atoms with van der Waals surface area (Å²) in [5, 5.41) is -0.253. The number of hydrogen-bond acceptors (Lipinski definition) is 3. The number of halogens is 3. The fourth-order valence-electron chi connectivity index (χ4n) is 1.59. The van der Waals surface area contributed by atoms with Crippen molar-refractivity contribution < 1.29 is 12.8 Å². The maximum absolute atomic E-state index is 13.7. The van der Waals surface area contributed by atoms with Gasteiger partial charge >= 0.3 is 0 Å². The van der Waals surface area contributed by atoms with E-state index in [2.05, 4.69) is 4.72 Å². The van der Waals surface area contributed by atoms with Crippen molar-refractivity contribution in [2.24, 2.45) is 0 Å². The molecule has 0 bridgehead atoms. The lowest BCUT2D eigenvalue weighted by molar-refractivity contribution is 0.599. The Morgan fingerprint density at radius 2 is 1.65 bits per heavy atom. The minimum atomic E-state index is -4.12. The van der Waals surface area contributed by atoms with Crippen molar-refractivity contribution >= 4 is 44.6 Å². The molecule has 0 radical (unpaired) electrons. The molecule has 2 aromatic carbocycles. The van der Waals surface area contributed by atoms with Gasteiger partial charge in [0.25, 0.3) is 10.0 Å². The van der Waals surface area contributed by atoms with Crippen molar-refractivity contribution in [2.45, 2.75) is 4.90 Å². The molecule has 4 nitrogen and oxygen atoms in total. The lowest BCUT2D eigenvalue weighted by atomic mass is 10.3. The lowest BCUT2D eigenvalue weighted by Gasteiger charge is -2.12. The molecule has 106 valence electrons. The van der Waals surface area contributed by atoms with E-state index in [1.54, 1.807) is 0 Å². The number of nitrogens with two attached hydrogens (primary N) is 1. The number of benzene rings is 2. The Hall–Kier alpha value is -1.50. The van der Waals surface area contributed by atoms with Crippen LogP contribution in [-0.2, 0) is 10.0 Å². The van der Waals surface area contributed by atoms with Crippen LogP contribution in [0.5, 0.6) is 0 Å². The molecule has 0 aromatic heterocycles. The van der Waals surface area contributed by atoms with Gasteiger partial charge in [0.2, 0.25) is 0 Å². The molecule has 0 spiro atoms. The standard InChI is InChI=1S/C12H9Cl2FN2O2S/c13-7-3-2-6-10(11(7)15)17-20(18,19)12-8(14)4-1-5-9(12)16/h1-6,17H,16H2. The van der Waals surface area contributed by atoms with Gasteiger partial charge in [0.15, 0.2) is 5.82 Å². The van der Waals surface area contributed by atoms with E-state index in [1.807, 2.05) is 0 Å². The van der Waals surface area contributed by atoms with Gasteiger partial charge in [-0.05, 0) is 24.3 Å². The zero-order chi connectivity index (χ0) is 14.9. The van der Waals surface area contributed by atoms with Crippen molar-refractivity contribution in [1.29, 1.82) is 0 Å². The molecule has 0 fully saturated rings. The van der Waals surface area contributed by atoms with Gasteiger partial charge in [0.1, 0.15) is 4.90 Å². The highest BCUT2D eigenvalue weighted by Gasteiger charge is 2.22. The number of rotatable bonds is 3. The molecule has 2 aromatic rings. The summed E-state index contributed by atoms with van der Waals surface area (Å²) in [5.74, 6) is -0.872. The fourth-order valence-corrected chi connectivity index (χ4v) is 3.50. The maximum atomic E-state index is 13.7. The highest BCUT2D eigenvalue weighted by atomic mass is 35.5. The molecule has 0 unspecified atom stereocenters. The third-order valence-electron chi connectivity index (χ3n) is 2.46. The van der Waals surface area contributed by atoms with Crippen molar-refractivity contribution in [3.8, 4) is 0 Å². The minimum Gasteiger partial charge on any atom is -0.398 e. The molecule has 3 N–H and O–H groups in total. The Bertz CT molecular complexity index is 746. The van der Waals surface area contributed by atoms with Crippen LogP contribution in [-0.4, -0.2) is 8.42 Å². The van der Waals surface area contributed by atoms with Crippen molar-refractivity contribution in [1.82, 2.24) is 0 Å². The number of nitrogens with one attached hydrogen (secondary N) is 1. The zero-order valence-electron chi connectivity index (χ0n) is 9.90. The molecule has 0 saturated carbocycles. The van der Waals surface area contributed by atoms with Gasteiger partial charge in [-0.3, -0.25) is 4.72 Å². The van der Waals surface area contributed by atoms with Gasteiger partial charge in [0, 0.05) is 0 Å². The molecule has 0 aliphatic carbocycles. The minimum absolute atomic E-state index is 0.0348. The summed E-state index contributed by atoms with van der Waals surface area (Å²) in [4.78, 5) is -0.305. The normalized spacial score (nSPS) is 11.3. The van der Waals surface area contributed by atoms with E-state index in [0.29, 0.717) is 0 Å². The van der Waals surface area contributed by atoms with Crippen LogP contribution >= 0.6 is 23.2 Å². The topological polar surface area (TPSA) is 72.2 Å². The summed E-state index contributed by atoms with van der Waals surface area (Å²) in [5.41, 5.74) is 5.29. The Labute approximate surface area is 125 Å². The molecule has 0 aliphatic rings. The molecule has 0 aliphatic heterocycles. The highest BCUT2D eigenvalue weighted by molar-refractivity contribution is 7.93. The van der Waals surface area contributed by atoms with Crippen LogP contribution < -0.4 is 10.5 Å². The summed E-state index contributed by atoms with van der Waals surface area (Å²) in [7, 11) is -4.12. The van der Waals surface area contributed by atoms with Gasteiger partial charge in [-0.2, -0.15) is 0 Å². The Morgan fingerprint density at radius 3 is 2.30 bits per heavy atom. The maximum Gasteiger partial charge on any atom is 0.265 e. The first-order chi connectivity index (χ1) is 9.33. The van der Waals surface area contributed by atoms with Gasteiger partial charge in [-0.25, -0.2) is 12.8 Å². The third-order valence-corrected chi connectivity index (χ3v) is 4.66. The van der Waals surface area contributed by atoms with E-state index in [4.69, 9.17) is 28.9 Å². The van der Waals surface area contributed by atoms with Gasteiger partial charge in [-0.15, -0.1) is 0 Å². The van der Waals surface area contributed by atoms with Crippen LogP contribution in [0.4, 0.5) is 15.8 Å². The van der Waals surface area contributed by atoms with Crippen LogP contribution in [0.15, 0.2) is 41.3 Å². The molecule has 8 heteroatoms. The number of anilines is 2. The van der Waals surface area contributed by atoms with Crippen LogP contribution in [0.1, 0.15) is 0 Å². The Balaban J connectivity index is 2.50. The second-order valence-electron chi connectivity index (χ2n) is 3.87. The third kappa shape index (κ3) is 2.82. The summed E-state index contributed by atoms with van der Waals surface area (Å²) in [6.45, 7) is 0. The molecule has 0 atom stereocenters. The number of hydrogen-bond donors (Lipinski definition) is 2. The first-order valence-corrected chi connectivity index (χ1v) is 7.57. The quantitative estimate of drug-likeness (QED) is 0.843. The summed E-state index contributed by atoms with van der Waals surface area (Å²) < 4.78 is 40.2. The summed E-state index contributed by atoms with van der Waals surface area (Å²) >= 11 is 11.4. The van der Waals surface area contributed by atoms with Crippen LogP contribution in [0.3, 0.4) is 0 Å².